The summed E-state index contributed by atoms with van der Waals surface area (Å²) >= 11 is 0. The number of benzene rings is 1. The predicted octanol–water partition coefficient (Wildman–Crippen LogP) is 5.31. The monoisotopic (exact) mass is 345 g/mol. The van der Waals surface area contributed by atoms with Crippen molar-refractivity contribution in [3.05, 3.63) is 30.0 Å². The van der Waals surface area contributed by atoms with E-state index in [4.69, 9.17) is 5.73 Å². The number of rotatable bonds is 6. The minimum Gasteiger partial charge on any atom is -0.398 e. The van der Waals surface area contributed by atoms with Gasteiger partial charge in [0, 0.05) is 29.3 Å². The Morgan fingerprint density at radius 2 is 1.54 bits per heavy atom. The molecule has 0 atom stereocenters. The third-order valence-electron chi connectivity index (χ3n) is 5.62. The van der Waals surface area contributed by atoms with Gasteiger partial charge in [0.25, 0.3) is 0 Å². The van der Waals surface area contributed by atoms with Crippen LogP contribution < -0.4 is 5.73 Å². The van der Waals surface area contributed by atoms with Crippen molar-refractivity contribution in [2.24, 2.45) is 0 Å². The van der Waals surface area contributed by atoms with E-state index in [1.54, 1.807) is 0 Å². The van der Waals surface area contributed by atoms with E-state index in [-0.39, 0.29) is 0 Å². The number of anilines is 1. The molecule has 0 saturated carbocycles. The maximum atomic E-state index is 6.40. The average molecular weight is 346 g/mol. The van der Waals surface area contributed by atoms with Crippen molar-refractivity contribution in [3.63, 3.8) is 0 Å². The Morgan fingerprint density at radius 1 is 1.00 bits per heavy atom. The first-order chi connectivity index (χ1) is 11.1. The van der Waals surface area contributed by atoms with Crippen LogP contribution in [0.1, 0.15) is 47.1 Å². The molecule has 0 amide bonds. The Bertz CT molecular complexity index is 676. The van der Waals surface area contributed by atoms with Crippen molar-refractivity contribution < 1.29 is 0 Å². The Balaban J connectivity index is 2.86. The third-order valence-corrected chi connectivity index (χ3v) is 12.4. The fourth-order valence-corrected chi connectivity index (χ4v) is 11.7. The first kappa shape index (κ1) is 19.1. The van der Waals surface area contributed by atoms with Gasteiger partial charge in [-0.25, -0.2) is 0 Å². The Kier molecular flexibility index (Phi) is 5.50. The Hall–Kier alpha value is -1.26. The molecule has 0 radical (unpaired) electrons. The second kappa shape index (κ2) is 6.93. The van der Waals surface area contributed by atoms with Gasteiger partial charge in [-0.2, -0.15) is 0 Å². The molecule has 0 aliphatic rings. The lowest BCUT2D eigenvalue weighted by molar-refractivity contribution is 0.404. The molecule has 0 spiro atoms. The van der Waals surface area contributed by atoms with E-state index in [2.05, 4.69) is 83.1 Å². The van der Waals surface area contributed by atoms with Crippen LogP contribution >= 0.6 is 0 Å². The van der Waals surface area contributed by atoms with E-state index < -0.39 is 8.24 Å². The lowest BCUT2D eigenvalue weighted by Crippen LogP contribution is -2.51. The SMILES string of the molecule is CC(C)[Si](C(C)C)(C(C)C)n1cc(CN(C)C)c2c(N)cccc21. The van der Waals surface area contributed by atoms with Gasteiger partial charge in [-0.3, -0.25) is 0 Å². The molecule has 1 aromatic carbocycles. The normalized spacial score (nSPS) is 13.2. The van der Waals surface area contributed by atoms with E-state index in [1.165, 1.54) is 16.5 Å². The molecule has 0 aliphatic heterocycles. The maximum absolute atomic E-state index is 6.40. The maximum Gasteiger partial charge on any atom is 0.169 e. The molecule has 0 aliphatic carbocycles. The highest BCUT2D eigenvalue weighted by Gasteiger charge is 2.46. The Morgan fingerprint density at radius 3 is 2.00 bits per heavy atom. The van der Waals surface area contributed by atoms with E-state index >= 15 is 0 Å². The van der Waals surface area contributed by atoms with E-state index in [0.29, 0.717) is 16.6 Å². The van der Waals surface area contributed by atoms with Gasteiger partial charge >= 0.3 is 0 Å². The molecule has 0 saturated heterocycles. The zero-order chi connectivity index (χ0) is 18.2. The van der Waals surface area contributed by atoms with Gasteiger partial charge in [0.1, 0.15) is 0 Å². The summed E-state index contributed by atoms with van der Waals surface area (Å²) in [5.74, 6) is 0. The minimum atomic E-state index is -1.78. The molecule has 24 heavy (non-hydrogen) atoms. The van der Waals surface area contributed by atoms with Crippen LogP contribution in [0.3, 0.4) is 0 Å². The van der Waals surface area contributed by atoms with Crippen LogP contribution in [0.5, 0.6) is 0 Å². The van der Waals surface area contributed by atoms with Crippen molar-refractivity contribution in [1.82, 2.24) is 9.13 Å². The van der Waals surface area contributed by atoms with Gasteiger partial charge in [-0.1, -0.05) is 47.6 Å². The third kappa shape index (κ3) is 2.90. The molecular formula is C20H35N3Si. The highest BCUT2D eigenvalue weighted by molar-refractivity contribution is 6.82. The summed E-state index contributed by atoms with van der Waals surface area (Å²) in [5.41, 5.74) is 12.0. The van der Waals surface area contributed by atoms with Crippen LogP contribution in [-0.2, 0) is 6.54 Å². The number of fused-ring (bicyclic) bond motifs is 1. The van der Waals surface area contributed by atoms with E-state index in [0.717, 1.165) is 12.2 Å². The standard InChI is InChI=1S/C20H35N3Si/c1-14(2)24(15(3)4,16(5)6)23-13-17(12-22(7)8)20-18(21)10-9-11-19(20)23/h9-11,13-16H,12,21H2,1-8H3. The molecule has 3 nitrogen and oxygen atoms in total. The van der Waals surface area contributed by atoms with Gasteiger partial charge in [0.15, 0.2) is 8.24 Å². The van der Waals surface area contributed by atoms with E-state index in [1.807, 2.05) is 6.07 Å². The highest BCUT2D eigenvalue weighted by Crippen LogP contribution is 2.45. The first-order valence-electron chi connectivity index (χ1n) is 9.17. The molecule has 4 heteroatoms. The summed E-state index contributed by atoms with van der Waals surface area (Å²) in [6.45, 7) is 15.4. The van der Waals surface area contributed by atoms with Gasteiger partial charge in [-0.05, 0) is 48.4 Å². The number of nitrogen functional groups attached to an aromatic ring is 1. The van der Waals surface area contributed by atoms with Gasteiger partial charge in [0.2, 0.25) is 0 Å². The molecule has 2 rings (SSSR count). The van der Waals surface area contributed by atoms with Crippen molar-refractivity contribution in [1.29, 1.82) is 0 Å². The summed E-state index contributed by atoms with van der Waals surface area (Å²) in [7, 11) is 2.47. The van der Waals surface area contributed by atoms with Gasteiger partial charge in [0.05, 0.1) is 0 Å². The first-order valence-corrected chi connectivity index (χ1v) is 11.4. The fraction of sp³-hybridized carbons (Fsp3) is 0.600. The number of nitrogens with zero attached hydrogens (tertiary/aromatic N) is 2. The van der Waals surface area contributed by atoms with Crippen LogP contribution in [0.25, 0.3) is 10.9 Å². The molecular weight excluding hydrogens is 310 g/mol. The summed E-state index contributed by atoms with van der Waals surface area (Å²) in [6, 6.07) is 6.41. The quantitative estimate of drug-likeness (QED) is 0.569. The van der Waals surface area contributed by atoms with Crippen LogP contribution in [0.4, 0.5) is 5.69 Å². The molecule has 2 aromatic rings. The summed E-state index contributed by atoms with van der Waals surface area (Å²) in [6.07, 6.45) is 2.42. The smallest absolute Gasteiger partial charge is 0.169 e. The summed E-state index contributed by atoms with van der Waals surface area (Å²) in [5, 5.41) is 1.25. The van der Waals surface area contributed by atoms with Crippen molar-refractivity contribution in [2.45, 2.75) is 64.7 Å². The number of hydrogen-bond acceptors (Lipinski definition) is 2. The second-order valence-corrected chi connectivity index (χ2v) is 14.1. The number of aromatic nitrogens is 1. The van der Waals surface area contributed by atoms with E-state index in [9.17, 15) is 0 Å². The molecule has 0 bridgehead atoms. The van der Waals surface area contributed by atoms with Gasteiger partial charge < -0.3 is 14.9 Å². The second-order valence-electron chi connectivity index (χ2n) is 8.35. The van der Waals surface area contributed by atoms with Gasteiger partial charge in [-0.15, -0.1) is 0 Å². The largest absolute Gasteiger partial charge is 0.398 e. The highest BCUT2D eigenvalue weighted by atomic mass is 28.3. The molecule has 2 N–H and O–H groups in total. The molecule has 1 aromatic heterocycles. The van der Waals surface area contributed by atoms with Crippen molar-refractivity contribution in [2.75, 3.05) is 19.8 Å². The summed E-state index contributed by atoms with van der Waals surface area (Å²) in [4.78, 5) is 2.23. The topological polar surface area (TPSA) is 34.2 Å². The summed E-state index contributed by atoms with van der Waals surface area (Å²) < 4.78 is 2.68. The molecule has 0 unspecified atom stereocenters. The average Bonchev–Trinajstić information content (AvgIpc) is 2.78. The Labute approximate surface area is 148 Å². The van der Waals surface area contributed by atoms with Crippen molar-refractivity contribution in [3.8, 4) is 0 Å². The van der Waals surface area contributed by atoms with Crippen LogP contribution in [0.15, 0.2) is 24.4 Å². The molecule has 134 valence electrons. The zero-order valence-electron chi connectivity index (χ0n) is 16.7. The predicted molar refractivity (Wildman–Crippen MR) is 110 cm³/mol. The minimum absolute atomic E-state index is 0.668. The lowest BCUT2D eigenvalue weighted by atomic mass is 10.1. The fourth-order valence-electron chi connectivity index (χ4n) is 5.01. The number of hydrogen-bond donors (Lipinski definition) is 1. The van der Waals surface area contributed by atoms with Crippen LogP contribution in [-0.4, -0.2) is 31.5 Å². The molecule has 1 heterocycles. The lowest BCUT2D eigenvalue weighted by Gasteiger charge is -2.44. The van der Waals surface area contributed by atoms with Crippen LogP contribution in [0, 0.1) is 0 Å². The molecule has 0 fully saturated rings. The van der Waals surface area contributed by atoms with Crippen LogP contribution in [0.2, 0.25) is 16.6 Å². The zero-order valence-corrected chi connectivity index (χ0v) is 17.7. The van der Waals surface area contributed by atoms with Crippen molar-refractivity contribution >= 4 is 24.8 Å². The number of nitrogens with two attached hydrogens (primary N) is 1.